The summed E-state index contributed by atoms with van der Waals surface area (Å²) >= 11 is 0. The fourth-order valence-electron chi connectivity index (χ4n) is 1.53. The molecule has 1 unspecified atom stereocenters. The van der Waals surface area contributed by atoms with Crippen molar-refractivity contribution in [2.75, 3.05) is 19.6 Å². The molecule has 2 nitrogen and oxygen atoms in total. The molecule has 0 aliphatic rings. The molecule has 2 N–H and O–H groups in total. The van der Waals surface area contributed by atoms with Crippen molar-refractivity contribution >= 4 is 0 Å². The third kappa shape index (κ3) is 8.27. The number of rotatable bonds is 8. The van der Waals surface area contributed by atoms with Crippen LogP contribution in [0.25, 0.3) is 0 Å². The Balaban J connectivity index is 3.47. The van der Waals surface area contributed by atoms with Crippen LogP contribution in [-0.2, 0) is 0 Å². The van der Waals surface area contributed by atoms with Crippen LogP contribution in [0.1, 0.15) is 40.0 Å². The maximum atomic E-state index is 5.69. The van der Waals surface area contributed by atoms with Crippen LogP contribution in [-0.4, -0.2) is 30.6 Å². The highest BCUT2D eigenvalue weighted by atomic mass is 15.1. The standard InChI is InChI=1S/C12H26N2/c1-5-14(10-11(2)3)9-7-6-8-12(4)13/h12H,2,5-10,13H2,1,3-4H3. The molecule has 0 aromatic carbocycles. The molecule has 84 valence electrons. The van der Waals surface area contributed by atoms with Crippen LogP contribution in [0.4, 0.5) is 0 Å². The fourth-order valence-corrected chi connectivity index (χ4v) is 1.53. The van der Waals surface area contributed by atoms with Gasteiger partial charge in [0.25, 0.3) is 0 Å². The molecule has 0 heterocycles. The van der Waals surface area contributed by atoms with Gasteiger partial charge in [-0.15, -0.1) is 0 Å². The predicted octanol–water partition coefficient (Wildman–Crippen LogP) is 2.40. The largest absolute Gasteiger partial charge is 0.328 e. The van der Waals surface area contributed by atoms with Crippen LogP contribution in [0.3, 0.4) is 0 Å². The summed E-state index contributed by atoms with van der Waals surface area (Å²) in [5.41, 5.74) is 6.94. The summed E-state index contributed by atoms with van der Waals surface area (Å²) in [6, 6.07) is 0.353. The van der Waals surface area contributed by atoms with Crippen LogP contribution < -0.4 is 5.73 Å². The minimum absolute atomic E-state index is 0.353. The second kappa shape index (κ2) is 8.01. The molecule has 1 atom stereocenters. The van der Waals surface area contributed by atoms with E-state index < -0.39 is 0 Å². The number of nitrogens with zero attached hydrogens (tertiary/aromatic N) is 1. The van der Waals surface area contributed by atoms with E-state index in [2.05, 4.69) is 32.3 Å². The topological polar surface area (TPSA) is 29.3 Å². The van der Waals surface area contributed by atoms with E-state index >= 15 is 0 Å². The SMILES string of the molecule is C=C(C)CN(CC)CCCCC(C)N. The first-order chi connectivity index (χ1) is 6.56. The van der Waals surface area contributed by atoms with Gasteiger partial charge in [0.1, 0.15) is 0 Å². The van der Waals surface area contributed by atoms with Crippen molar-refractivity contribution in [3.63, 3.8) is 0 Å². The lowest BCUT2D eigenvalue weighted by molar-refractivity contribution is 0.302. The first-order valence-corrected chi connectivity index (χ1v) is 5.68. The van der Waals surface area contributed by atoms with Crippen molar-refractivity contribution in [3.05, 3.63) is 12.2 Å². The van der Waals surface area contributed by atoms with Gasteiger partial charge in [0.15, 0.2) is 0 Å². The molecule has 0 bridgehead atoms. The van der Waals surface area contributed by atoms with E-state index in [0.717, 1.165) is 19.5 Å². The minimum Gasteiger partial charge on any atom is -0.328 e. The van der Waals surface area contributed by atoms with Gasteiger partial charge in [-0.1, -0.05) is 25.5 Å². The molecule has 0 rings (SSSR count). The summed E-state index contributed by atoms with van der Waals surface area (Å²) in [5, 5.41) is 0. The van der Waals surface area contributed by atoms with E-state index in [-0.39, 0.29) is 0 Å². The van der Waals surface area contributed by atoms with Gasteiger partial charge >= 0.3 is 0 Å². The van der Waals surface area contributed by atoms with Crippen molar-refractivity contribution in [1.29, 1.82) is 0 Å². The molecule has 14 heavy (non-hydrogen) atoms. The lowest BCUT2D eigenvalue weighted by atomic mass is 10.1. The van der Waals surface area contributed by atoms with Gasteiger partial charge in [-0.3, -0.25) is 4.90 Å². The van der Waals surface area contributed by atoms with E-state index in [1.807, 2.05) is 0 Å². The van der Waals surface area contributed by atoms with Gasteiger partial charge in [0.2, 0.25) is 0 Å². The van der Waals surface area contributed by atoms with Gasteiger partial charge in [-0.05, 0) is 39.8 Å². The molecule has 0 aliphatic heterocycles. The second-order valence-electron chi connectivity index (χ2n) is 4.30. The Labute approximate surface area is 89.2 Å². The summed E-state index contributed by atoms with van der Waals surface area (Å²) in [7, 11) is 0. The Morgan fingerprint density at radius 1 is 1.43 bits per heavy atom. The highest BCUT2D eigenvalue weighted by Gasteiger charge is 2.02. The van der Waals surface area contributed by atoms with E-state index in [9.17, 15) is 0 Å². The highest BCUT2D eigenvalue weighted by molar-refractivity contribution is 4.91. The highest BCUT2D eigenvalue weighted by Crippen LogP contribution is 2.02. The lowest BCUT2D eigenvalue weighted by Crippen LogP contribution is -2.26. The molecular weight excluding hydrogens is 172 g/mol. The number of likely N-dealkylation sites (N-methyl/N-ethyl adjacent to an activating group) is 1. The third-order valence-electron chi connectivity index (χ3n) is 2.32. The zero-order chi connectivity index (χ0) is 11.0. The van der Waals surface area contributed by atoms with Gasteiger partial charge < -0.3 is 5.73 Å². The molecule has 0 saturated carbocycles. The van der Waals surface area contributed by atoms with Crippen LogP contribution in [0, 0.1) is 0 Å². The smallest absolute Gasteiger partial charge is 0.0187 e. The molecular formula is C12H26N2. The van der Waals surface area contributed by atoms with E-state index in [1.165, 1.54) is 25.0 Å². The van der Waals surface area contributed by atoms with Gasteiger partial charge in [0, 0.05) is 12.6 Å². The van der Waals surface area contributed by atoms with Gasteiger partial charge in [-0.25, -0.2) is 0 Å². The number of hydrogen-bond acceptors (Lipinski definition) is 2. The normalized spacial score (nSPS) is 13.2. The Kier molecular flexibility index (Phi) is 7.81. The van der Waals surface area contributed by atoms with Crippen LogP contribution in [0.15, 0.2) is 12.2 Å². The molecule has 0 fully saturated rings. The molecule has 0 amide bonds. The van der Waals surface area contributed by atoms with Crippen molar-refractivity contribution in [2.24, 2.45) is 5.73 Å². The Morgan fingerprint density at radius 2 is 2.07 bits per heavy atom. The summed E-state index contributed by atoms with van der Waals surface area (Å²) < 4.78 is 0. The quantitative estimate of drug-likeness (QED) is 0.479. The maximum Gasteiger partial charge on any atom is 0.0187 e. The zero-order valence-corrected chi connectivity index (χ0v) is 10.1. The van der Waals surface area contributed by atoms with E-state index in [1.54, 1.807) is 0 Å². The number of unbranched alkanes of at least 4 members (excludes halogenated alkanes) is 1. The summed E-state index contributed by atoms with van der Waals surface area (Å²) in [6.45, 7) is 13.6. The summed E-state index contributed by atoms with van der Waals surface area (Å²) in [5.74, 6) is 0. The van der Waals surface area contributed by atoms with Crippen molar-refractivity contribution < 1.29 is 0 Å². The molecule has 0 aliphatic carbocycles. The molecule has 0 saturated heterocycles. The van der Waals surface area contributed by atoms with Crippen LogP contribution in [0.5, 0.6) is 0 Å². The molecule has 0 aromatic rings. The summed E-state index contributed by atoms with van der Waals surface area (Å²) in [4.78, 5) is 2.43. The molecule has 0 radical (unpaired) electrons. The molecule has 2 heteroatoms. The molecule has 0 aromatic heterocycles. The van der Waals surface area contributed by atoms with E-state index in [0.29, 0.717) is 6.04 Å². The second-order valence-corrected chi connectivity index (χ2v) is 4.30. The first-order valence-electron chi connectivity index (χ1n) is 5.68. The summed E-state index contributed by atoms with van der Waals surface area (Å²) in [6.07, 6.45) is 3.64. The van der Waals surface area contributed by atoms with Crippen LogP contribution >= 0.6 is 0 Å². The van der Waals surface area contributed by atoms with Crippen molar-refractivity contribution in [1.82, 2.24) is 4.90 Å². The fraction of sp³-hybridized carbons (Fsp3) is 0.833. The van der Waals surface area contributed by atoms with E-state index in [4.69, 9.17) is 5.73 Å². The third-order valence-corrected chi connectivity index (χ3v) is 2.32. The monoisotopic (exact) mass is 198 g/mol. The lowest BCUT2D eigenvalue weighted by Gasteiger charge is -2.20. The Hall–Kier alpha value is -0.340. The average molecular weight is 198 g/mol. The Bertz CT molecular complexity index is 152. The number of nitrogens with two attached hydrogens (primary N) is 1. The zero-order valence-electron chi connectivity index (χ0n) is 10.1. The Morgan fingerprint density at radius 3 is 2.50 bits per heavy atom. The first kappa shape index (κ1) is 13.7. The average Bonchev–Trinajstić information content (AvgIpc) is 2.09. The van der Waals surface area contributed by atoms with Gasteiger partial charge in [-0.2, -0.15) is 0 Å². The predicted molar refractivity (Wildman–Crippen MR) is 64.4 cm³/mol. The number of hydrogen-bond donors (Lipinski definition) is 1. The van der Waals surface area contributed by atoms with Gasteiger partial charge in [0.05, 0.1) is 0 Å². The molecule has 0 spiro atoms. The van der Waals surface area contributed by atoms with Crippen molar-refractivity contribution in [3.8, 4) is 0 Å². The minimum atomic E-state index is 0.353. The maximum absolute atomic E-state index is 5.69. The van der Waals surface area contributed by atoms with Crippen molar-refractivity contribution in [2.45, 2.75) is 46.1 Å². The van der Waals surface area contributed by atoms with Crippen LogP contribution in [0.2, 0.25) is 0 Å².